The Morgan fingerprint density at radius 2 is 1.25 bits per heavy atom. The molecule has 1 unspecified atom stereocenters. The quantitative estimate of drug-likeness (QED) is 0.284. The molecule has 0 aliphatic heterocycles. The Balaban J connectivity index is 3.84. The van der Waals surface area contributed by atoms with Crippen molar-refractivity contribution in [1.82, 2.24) is 5.32 Å². The number of carboxylic acid groups (broad SMARTS) is 2. The molecule has 6 nitrogen and oxygen atoms in total. The second kappa shape index (κ2) is 16.7. The zero-order valence-corrected chi connectivity index (χ0v) is 15.0. The molecule has 0 aliphatic rings. The van der Waals surface area contributed by atoms with Crippen LogP contribution in [-0.4, -0.2) is 41.3 Å². The van der Waals surface area contributed by atoms with Crippen molar-refractivity contribution in [3.8, 4) is 0 Å². The number of carbonyl (C=O) groups is 2. The van der Waals surface area contributed by atoms with Crippen molar-refractivity contribution in [2.45, 2.75) is 89.5 Å². The van der Waals surface area contributed by atoms with E-state index in [1.807, 2.05) is 0 Å². The second-order valence-corrected chi connectivity index (χ2v) is 6.49. The summed E-state index contributed by atoms with van der Waals surface area (Å²) in [5.41, 5.74) is 5.50. The molecule has 1 atom stereocenters. The van der Waals surface area contributed by atoms with Crippen LogP contribution in [-0.2, 0) is 9.59 Å². The van der Waals surface area contributed by atoms with E-state index in [0.29, 0.717) is 6.04 Å². The molecule has 0 amide bonds. The highest BCUT2D eigenvalue weighted by Crippen LogP contribution is 2.12. The number of rotatable bonds is 18. The van der Waals surface area contributed by atoms with Gasteiger partial charge in [0.15, 0.2) is 0 Å². The minimum atomic E-state index is -0.725. The van der Waals surface area contributed by atoms with Crippen LogP contribution in [0.3, 0.4) is 0 Å². The van der Waals surface area contributed by atoms with Crippen molar-refractivity contribution < 1.29 is 19.8 Å². The SMILES string of the molecule is NCCCCCCC(CCCCC(=O)O)NCCCCCC(=O)O. The molecular formula is C18H36N2O4. The minimum Gasteiger partial charge on any atom is -0.481 e. The molecule has 0 spiro atoms. The molecule has 0 heterocycles. The van der Waals surface area contributed by atoms with Crippen molar-refractivity contribution in [3.05, 3.63) is 0 Å². The Morgan fingerprint density at radius 1 is 0.750 bits per heavy atom. The van der Waals surface area contributed by atoms with Crippen LogP contribution < -0.4 is 11.1 Å². The summed E-state index contributed by atoms with van der Waals surface area (Å²) in [7, 11) is 0. The van der Waals surface area contributed by atoms with Crippen molar-refractivity contribution in [2.24, 2.45) is 5.73 Å². The van der Waals surface area contributed by atoms with Crippen LogP contribution >= 0.6 is 0 Å². The Kier molecular flexibility index (Phi) is 15.9. The van der Waals surface area contributed by atoms with E-state index in [9.17, 15) is 9.59 Å². The van der Waals surface area contributed by atoms with E-state index in [4.69, 9.17) is 15.9 Å². The lowest BCUT2D eigenvalue weighted by molar-refractivity contribution is -0.138. The third-order valence-electron chi connectivity index (χ3n) is 4.20. The monoisotopic (exact) mass is 344 g/mol. The van der Waals surface area contributed by atoms with E-state index in [2.05, 4.69) is 5.32 Å². The average molecular weight is 344 g/mol. The van der Waals surface area contributed by atoms with E-state index in [-0.39, 0.29) is 12.8 Å². The maximum absolute atomic E-state index is 10.6. The number of hydrogen-bond acceptors (Lipinski definition) is 4. The summed E-state index contributed by atoms with van der Waals surface area (Å²) < 4.78 is 0. The van der Waals surface area contributed by atoms with Gasteiger partial charge in [-0.15, -0.1) is 0 Å². The van der Waals surface area contributed by atoms with Gasteiger partial charge in [-0.2, -0.15) is 0 Å². The van der Waals surface area contributed by atoms with E-state index in [0.717, 1.165) is 64.5 Å². The van der Waals surface area contributed by atoms with Gasteiger partial charge in [0.2, 0.25) is 0 Å². The first-order chi connectivity index (χ1) is 11.6. The topological polar surface area (TPSA) is 113 Å². The molecule has 142 valence electrons. The van der Waals surface area contributed by atoms with Crippen LogP contribution in [0.2, 0.25) is 0 Å². The van der Waals surface area contributed by atoms with Crippen molar-refractivity contribution in [1.29, 1.82) is 0 Å². The highest BCUT2D eigenvalue weighted by Gasteiger charge is 2.08. The molecule has 0 rings (SSSR count). The summed E-state index contributed by atoms with van der Waals surface area (Å²) in [4.78, 5) is 21.0. The van der Waals surface area contributed by atoms with Gasteiger partial charge in [0.25, 0.3) is 0 Å². The van der Waals surface area contributed by atoms with Crippen LogP contribution in [0.1, 0.15) is 83.5 Å². The van der Waals surface area contributed by atoms with Gasteiger partial charge in [-0.3, -0.25) is 9.59 Å². The minimum absolute atomic E-state index is 0.248. The fourth-order valence-electron chi connectivity index (χ4n) is 2.79. The summed E-state index contributed by atoms with van der Waals surface area (Å²) >= 11 is 0. The Labute approximate surface area is 146 Å². The number of carboxylic acids is 2. The summed E-state index contributed by atoms with van der Waals surface area (Å²) in [5.74, 6) is -1.45. The fraction of sp³-hybridized carbons (Fsp3) is 0.889. The smallest absolute Gasteiger partial charge is 0.303 e. The highest BCUT2D eigenvalue weighted by atomic mass is 16.4. The van der Waals surface area contributed by atoms with Gasteiger partial charge < -0.3 is 21.3 Å². The molecule has 5 N–H and O–H groups in total. The average Bonchev–Trinajstić information content (AvgIpc) is 2.53. The molecule has 0 aromatic carbocycles. The van der Waals surface area contributed by atoms with Crippen LogP contribution in [0.5, 0.6) is 0 Å². The molecular weight excluding hydrogens is 308 g/mol. The first-order valence-electron chi connectivity index (χ1n) is 9.43. The first kappa shape index (κ1) is 22.9. The van der Waals surface area contributed by atoms with Crippen LogP contribution in [0.25, 0.3) is 0 Å². The zero-order chi connectivity index (χ0) is 18.0. The van der Waals surface area contributed by atoms with Gasteiger partial charge in [0, 0.05) is 18.9 Å². The fourth-order valence-corrected chi connectivity index (χ4v) is 2.79. The van der Waals surface area contributed by atoms with Gasteiger partial charge in [0.1, 0.15) is 0 Å². The lowest BCUT2D eigenvalue weighted by Crippen LogP contribution is -2.30. The Morgan fingerprint density at radius 3 is 1.83 bits per heavy atom. The van der Waals surface area contributed by atoms with Crippen molar-refractivity contribution >= 4 is 11.9 Å². The molecule has 0 saturated carbocycles. The summed E-state index contributed by atoms with van der Waals surface area (Å²) in [6, 6.07) is 0.441. The van der Waals surface area contributed by atoms with Crippen molar-refractivity contribution in [2.75, 3.05) is 13.1 Å². The predicted molar refractivity (Wildman–Crippen MR) is 96.1 cm³/mol. The molecule has 6 heteroatoms. The van der Waals surface area contributed by atoms with Gasteiger partial charge in [-0.25, -0.2) is 0 Å². The second-order valence-electron chi connectivity index (χ2n) is 6.49. The molecule has 0 aliphatic carbocycles. The van der Waals surface area contributed by atoms with E-state index >= 15 is 0 Å². The van der Waals surface area contributed by atoms with E-state index in [1.165, 1.54) is 19.3 Å². The number of unbranched alkanes of at least 4 members (excludes halogenated alkanes) is 6. The van der Waals surface area contributed by atoms with Crippen LogP contribution in [0, 0.1) is 0 Å². The van der Waals surface area contributed by atoms with Gasteiger partial charge in [-0.1, -0.05) is 32.1 Å². The number of nitrogens with two attached hydrogens (primary N) is 1. The van der Waals surface area contributed by atoms with Gasteiger partial charge >= 0.3 is 11.9 Å². The Hall–Kier alpha value is -1.14. The first-order valence-corrected chi connectivity index (χ1v) is 9.43. The lowest BCUT2D eigenvalue weighted by Gasteiger charge is -2.19. The molecule has 0 saturated heterocycles. The van der Waals surface area contributed by atoms with Gasteiger partial charge in [0.05, 0.1) is 0 Å². The summed E-state index contributed by atoms with van der Waals surface area (Å²) in [6.45, 7) is 1.67. The number of hydrogen-bond donors (Lipinski definition) is 4. The lowest BCUT2D eigenvalue weighted by atomic mass is 10.0. The summed E-state index contributed by atoms with van der Waals surface area (Å²) in [5, 5.41) is 20.9. The van der Waals surface area contributed by atoms with Crippen LogP contribution in [0.4, 0.5) is 0 Å². The zero-order valence-electron chi connectivity index (χ0n) is 15.0. The molecule has 0 bridgehead atoms. The normalized spacial score (nSPS) is 12.2. The largest absolute Gasteiger partial charge is 0.481 e. The van der Waals surface area contributed by atoms with Gasteiger partial charge in [-0.05, 0) is 51.6 Å². The van der Waals surface area contributed by atoms with Crippen LogP contribution in [0.15, 0.2) is 0 Å². The molecule has 0 fully saturated rings. The number of aliphatic carboxylic acids is 2. The Bertz CT molecular complexity index is 324. The van der Waals surface area contributed by atoms with Crippen molar-refractivity contribution in [3.63, 3.8) is 0 Å². The maximum atomic E-state index is 10.6. The molecule has 24 heavy (non-hydrogen) atoms. The molecule has 0 aromatic rings. The standard InChI is InChI=1S/C18H36N2O4/c19-14-8-2-1-4-10-16(11-6-7-13-18(23)24)20-15-9-3-5-12-17(21)22/h16,20H,1-15,19H2,(H,21,22)(H,23,24). The third kappa shape index (κ3) is 17.2. The van der Waals surface area contributed by atoms with E-state index in [1.54, 1.807) is 0 Å². The molecule has 0 radical (unpaired) electrons. The van der Waals surface area contributed by atoms with E-state index < -0.39 is 11.9 Å². The third-order valence-corrected chi connectivity index (χ3v) is 4.20. The maximum Gasteiger partial charge on any atom is 0.303 e. The highest BCUT2D eigenvalue weighted by molar-refractivity contribution is 5.66. The molecule has 0 aromatic heterocycles. The number of nitrogens with one attached hydrogen (secondary N) is 1. The summed E-state index contributed by atoms with van der Waals surface area (Å²) in [6.07, 6.45) is 11.6. The predicted octanol–water partition coefficient (Wildman–Crippen LogP) is 3.14.